The molecule has 0 amide bonds. The van der Waals surface area contributed by atoms with Gasteiger partial charge in [-0.05, 0) is 30.7 Å². The van der Waals surface area contributed by atoms with Gasteiger partial charge in [0.2, 0.25) is 0 Å². The minimum Gasteiger partial charge on any atom is -0.457 e. The maximum atomic E-state index is 12.1. The molecule has 20 heavy (non-hydrogen) atoms. The molecule has 0 fully saturated rings. The van der Waals surface area contributed by atoms with E-state index < -0.39 is 5.97 Å². The van der Waals surface area contributed by atoms with Gasteiger partial charge in [-0.2, -0.15) is 0 Å². The van der Waals surface area contributed by atoms with Gasteiger partial charge in [0.05, 0.1) is 5.56 Å². The third kappa shape index (κ3) is 3.06. The summed E-state index contributed by atoms with van der Waals surface area (Å²) in [7, 11) is 0. The van der Waals surface area contributed by atoms with Gasteiger partial charge in [-0.1, -0.05) is 41.4 Å². The third-order valence-corrected chi connectivity index (χ3v) is 3.63. The van der Waals surface area contributed by atoms with Gasteiger partial charge in [0, 0.05) is 21.3 Å². The molecule has 3 nitrogen and oxygen atoms in total. The van der Waals surface area contributed by atoms with E-state index in [0.717, 1.165) is 5.56 Å². The van der Waals surface area contributed by atoms with Gasteiger partial charge < -0.3 is 10.5 Å². The fraction of sp³-hybridized carbons (Fsp3) is 0.133. The Labute approximate surface area is 127 Å². The van der Waals surface area contributed by atoms with Crippen LogP contribution in [0.25, 0.3) is 0 Å². The summed E-state index contributed by atoms with van der Waals surface area (Å²) in [6, 6.07) is 10.4. The zero-order valence-electron chi connectivity index (χ0n) is 10.8. The fourth-order valence-corrected chi connectivity index (χ4v) is 2.36. The minimum atomic E-state index is -0.489. The molecule has 2 aromatic carbocycles. The van der Waals surface area contributed by atoms with Crippen molar-refractivity contribution >= 4 is 34.9 Å². The Morgan fingerprint density at radius 1 is 1.15 bits per heavy atom. The average molecular weight is 310 g/mol. The standard InChI is InChI=1S/C15H13Cl2NO2/c1-9-4-2-7-13(18)14(9)15(19)20-8-10-11(16)5-3-6-12(10)17/h2-7H,8,18H2,1H3. The van der Waals surface area contributed by atoms with Gasteiger partial charge in [-0.25, -0.2) is 4.79 Å². The highest BCUT2D eigenvalue weighted by atomic mass is 35.5. The van der Waals surface area contributed by atoms with Crippen LogP contribution >= 0.6 is 23.2 Å². The summed E-state index contributed by atoms with van der Waals surface area (Å²) in [5.74, 6) is -0.489. The van der Waals surface area contributed by atoms with E-state index >= 15 is 0 Å². The molecule has 0 unspecified atom stereocenters. The van der Waals surface area contributed by atoms with Crippen molar-refractivity contribution in [2.75, 3.05) is 5.73 Å². The number of carbonyl (C=O) groups excluding carboxylic acids is 1. The number of halogens is 2. The van der Waals surface area contributed by atoms with E-state index in [-0.39, 0.29) is 6.61 Å². The molecule has 0 atom stereocenters. The van der Waals surface area contributed by atoms with Crippen LogP contribution in [-0.4, -0.2) is 5.97 Å². The second-order valence-corrected chi connectivity index (χ2v) is 5.13. The first kappa shape index (κ1) is 14.7. The molecule has 0 aliphatic rings. The molecule has 104 valence electrons. The Balaban J connectivity index is 2.17. The van der Waals surface area contributed by atoms with E-state index in [9.17, 15) is 4.79 Å². The van der Waals surface area contributed by atoms with Crippen molar-refractivity contribution in [3.05, 3.63) is 63.1 Å². The van der Waals surface area contributed by atoms with Crippen LogP contribution in [0.15, 0.2) is 36.4 Å². The Morgan fingerprint density at radius 3 is 2.35 bits per heavy atom. The van der Waals surface area contributed by atoms with Gasteiger partial charge >= 0.3 is 5.97 Å². The number of anilines is 1. The SMILES string of the molecule is Cc1cccc(N)c1C(=O)OCc1c(Cl)cccc1Cl. The number of rotatable bonds is 3. The smallest absolute Gasteiger partial charge is 0.340 e. The van der Waals surface area contributed by atoms with Crippen LogP contribution in [0.5, 0.6) is 0 Å². The number of nitrogen functional groups attached to an aromatic ring is 1. The number of nitrogens with two attached hydrogens (primary N) is 1. The zero-order valence-corrected chi connectivity index (χ0v) is 12.3. The molecule has 2 aromatic rings. The summed E-state index contributed by atoms with van der Waals surface area (Å²) in [4.78, 5) is 12.1. The Hall–Kier alpha value is -1.71. The second-order valence-electron chi connectivity index (χ2n) is 4.32. The number of hydrogen-bond acceptors (Lipinski definition) is 3. The van der Waals surface area contributed by atoms with Crippen LogP contribution in [0.2, 0.25) is 10.0 Å². The second kappa shape index (κ2) is 6.16. The molecule has 2 N–H and O–H groups in total. The monoisotopic (exact) mass is 309 g/mol. The van der Waals surface area contributed by atoms with Crippen molar-refractivity contribution in [3.63, 3.8) is 0 Å². The number of benzene rings is 2. The molecule has 0 saturated heterocycles. The first-order chi connectivity index (χ1) is 9.50. The van der Waals surface area contributed by atoms with Crippen LogP contribution in [0.1, 0.15) is 21.5 Å². The van der Waals surface area contributed by atoms with Crippen molar-refractivity contribution in [1.29, 1.82) is 0 Å². The molecule has 0 aromatic heterocycles. The summed E-state index contributed by atoms with van der Waals surface area (Å²) < 4.78 is 5.25. The van der Waals surface area contributed by atoms with Crippen LogP contribution in [0.3, 0.4) is 0 Å². The van der Waals surface area contributed by atoms with Gasteiger partial charge in [-0.3, -0.25) is 0 Å². The van der Waals surface area contributed by atoms with Crippen molar-refractivity contribution in [2.24, 2.45) is 0 Å². The topological polar surface area (TPSA) is 52.3 Å². The molecule has 2 rings (SSSR count). The third-order valence-electron chi connectivity index (χ3n) is 2.92. The first-order valence-corrected chi connectivity index (χ1v) is 6.71. The summed E-state index contributed by atoms with van der Waals surface area (Å²) in [5.41, 5.74) is 7.90. The Morgan fingerprint density at radius 2 is 1.75 bits per heavy atom. The molecule has 0 aliphatic heterocycles. The predicted molar refractivity (Wildman–Crippen MR) is 81.2 cm³/mol. The lowest BCUT2D eigenvalue weighted by Crippen LogP contribution is -2.10. The summed E-state index contributed by atoms with van der Waals surface area (Å²) >= 11 is 12.0. The highest BCUT2D eigenvalue weighted by molar-refractivity contribution is 6.35. The molecule has 0 aliphatic carbocycles. The number of aryl methyl sites for hydroxylation is 1. The van der Waals surface area contributed by atoms with E-state index in [0.29, 0.717) is 26.9 Å². The molecule has 0 heterocycles. The Kier molecular flexibility index (Phi) is 4.53. The number of carbonyl (C=O) groups is 1. The zero-order chi connectivity index (χ0) is 14.7. The van der Waals surface area contributed by atoms with E-state index in [1.807, 2.05) is 0 Å². The fourth-order valence-electron chi connectivity index (χ4n) is 1.85. The van der Waals surface area contributed by atoms with E-state index in [2.05, 4.69) is 0 Å². The predicted octanol–water partition coefficient (Wildman–Crippen LogP) is 4.24. The van der Waals surface area contributed by atoms with Gasteiger partial charge in [0.25, 0.3) is 0 Å². The first-order valence-electron chi connectivity index (χ1n) is 5.96. The van der Waals surface area contributed by atoms with Crippen molar-refractivity contribution in [1.82, 2.24) is 0 Å². The molecule has 5 heteroatoms. The number of hydrogen-bond donors (Lipinski definition) is 1. The van der Waals surface area contributed by atoms with Crippen LogP contribution < -0.4 is 5.73 Å². The molecular weight excluding hydrogens is 297 g/mol. The summed E-state index contributed by atoms with van der Waals surface area (Å²) in [6.07, 6.45) is 0. The van der Waals surface area contributed by atoms with Crippen LogP contribution in [0.4, 0.5) is 5.69 Å². The maximum Gasteiger partial charge on any atom is 0.340 e. The highest BCUT2D eigenvalue weighted by Gasteiger charge is 2.15. The average Bonchev–Trinajstić information content (AvgIpc) is 2.38. The lowest BCUT2D eigenvalue weighted by atomic mass is 10.1. The molecule has 0 radical (unpaired) electrons. The highest BCUT2D eigenvalue weighted by Crippen LogP contribution is 2.26. The number of ether oxygens (including phenoxy) is 1. The maximum absolute atomic E-state index is 12.1. The summed E-state index contributed by atoms with van der Waals surface area (Å²) in [6.45, 7) is 1.81. The minimum absolute atomic E-state index is 0.00507. The summed E-state index contributed by atoms with van der Waals surface area (Å²) in [5, 5.41) is 0.922. The van der Waals surface area contributed by atoms with E-state index in [1.165, 1.54) is 0 Å². The molecular formula is C15H13Cl2NO2. The van der Waals surface area contributed by atoms with Crippen LogP contribution in [-0.2, 0) is 11.3 Å². The largest absolute Gasteiger partial charge is 0.457 e. The Bertz CT molecular complexity index is 616. The van der Waals surface area contributed by atoms with Crippen molar-refractivity contribution in [2.45, 2.75) is 13.5 Å². The van der Waals surface area contributed by atoms with E-state index in [4.69, 9.17) is 33.7 Å². The van der Waals surface area contributed by atoms with Gasteiger partial charge in [-0.15, -0.1) is 0 Å². The van der Waals surface area contributed by atoms with Crippen molar-refractivity contribution < 1.29 is 9.53 Å². The lowest BCUT2D eigenvalue weighted by molar-refractivity contribution is 0.0473. The normalized spacial score (nSPS) is 10.3. The van der Waals surface area contributed by atoms with Gasteiger partial charge in [0.15, 0.2) is 0 Å². The molecule has 0 bridgehead atoms. The number of esters is 1. The van der Waals surface area contributed by atoms with E-state index in [1.54, 1.807) is 43.3 Å². The van der Waals surface area contributed by atoms with Crippen LogP contribution in [0, 0.1) is 6.92 Å². The molecule has 0 saturated carbocycles. The quantitative estimate of drug-likeness (QED) is 0.681. The molecule has 0 spiro atoms. The van der Waals surface area contributed by atoms with Crippen molar-refractivity contribution in [3.8, 4) is 0 Å². The lowest BCUT2D eigenvalue weighted by Gasteiger charge is -2.11. The van der Waals surface area contributed by atoms with Gasteiger partial charge in [0.1, 0.15) is 6.61 Å².